The highest BCUT2D eigenvalue weighted by atomic mass is 19.3. The molecule has 0 aliphatic carbocycles. The van der Waals surface area contributed by atoms with Crippen molar-refractivity contribution in [1.82, 2.24) is 0 Å². The predicted molar refractivity (Wildman–Crippen MR) is 82.3 cm³/mol. The lowest BCUT2D eigenvalue weighted by molar-refractivity contribution is 0.0600. The largest absolute Gasteiger partial charge is 0.465 e. The van der Waals surface area contributed by atoms with Gasteiger partial charge in [0.1, 0.15) is 0 Å². The zero-order chi connectivity index (χ0) is 16.8. The number of carbonyl (C=O) groups excluding carboxylic acids is 2. The smallest absolute Gasteiger partial charge is 0.337 e. The van der Waals surface area contributed by atoms with Gasteiger partial charge in [-0.05, 0) is 17.7 Å². The Morgan fingerprint density at radius 3 is 1.96 bits per heavy atom. The van der Waals surface area contributed by atoms with Crippen LogP contribution in [0.25, 0.3) is 5.57 Å². The van der Waals surface area contributed by atoms with Gasteiger partial charge >= 0.3 is 5.97 Å². The van der Waals surface area contributed by atoms with Crippen molar-refractivity contribution >= 4 is 17.3 Å². The lowest BCUT2D eigenvalue weighted by atomic mass is 9.97. The van der Waals surface area contributed by atoms with Crippen LogP contribution in [-0.4, -0.2) is 18.9 Å². The van der Waals surface area contributed by atoms with Gasteiger partial charge in [-0.2, -0.15) is 8.78 Å². The molecule has 118 valence electrons. The molecule has 2 aromatic rings. The summed E-state index contributed by atoms with van der Waals surface area (Å²) in [6.07, 6.45) is -2.33. The number of esters is 1. The molecule has 5 heteroatoms. The summed E-state index contributed by atoms with van der Waals surface area (Å²) in [6, 6.07) is 13.8. The minimum atomic E-state index is -1.92. The Labute approximate surface area is 132 Å². The van der Waals surface area contributed by atoms with Crippen LogP contribution in [0.4, 0.5) is 8.78 Å². The van der Waals surface area contributed by atoms with Gasteiger partial charge in [-0.15, -0.1) is 0 Å². The molecule has 0 saturated heterocycles. The minimum absolute atomic E-state index is 0.196. The van der Waals surface area contributed by atoms with Crippen molar-refractivity contribution < 1.29 is 23.1 Å². The van der Waals surface area contributed by atoms with E-state index < -0.39 is 24.3 Å². The van der Waals surface area contributed by atoms with E-state index in [4.69, 9.17) is 0 Å². The summed E-state index contributed by atoms with van der Waals surface area (Å²) in [5.74, 6) is -0.950. The lowest BCUT2D eigenvalue weighted by Gasteiger charge is -2.07. The van der Waals surface area contributed by atoms with Crippen molar-refractivity contribution in [2.45, 2.75) is 6.42 Å². The van der Waals surface area contributed by atoms with E-state index in [1.807, 2.05) is 0 Å². The highest BCUT2D eigenvalue weighted by molar-refractivity contribution is 6.02. The van der Waals surface area contributed by atoms with E-state index in [1.165, 1.54) is 31.4 Å². The van der Waals surface area contributed by atoms with Crippen LogP contribution in [0.3, 0.4) is 0 Å². The first-order valence-corrected chi connectivity index (χ1v) is 6.84. The first kappa shape index (κ1) is 16.5. The molecule has 2 aromatic carbocycles. The number of allylic oxidation sites excluding steroid dienone is 1. The van der Waals surface area contributed by atoms with Crippen LogP contribution < -0.4 is 0 Å². The summed E-state index contributed by atoms with van der Waals surface area (Å²) in [7, 11) is 1.24. The van der Waals surface area contributed by atoms with E-state index in [0.29, 0.717) is 5.56 Å². The summed E-state index contributed by atoms with van der Waals surface area (Å²) in [5.41, 5.74) is 0.471. The molecule has 0 saturated carbocycles. The number of hydrogen-bond acceptors (Lipinski definition) is 3. The highest BCUT2D eigenvalue weighted by Gasteiger charge is 2.16. The van der Waals surface area contributed by atoms with Crippen LogP contribution in [0.1, 0.15) is 32.7 Å². The first-order chi connectivity index (χ1) is 11.0. The maximum atomic E-state index is 13.2. The third-order valence-corrected chi connectivity index (χ3v) is 3.32. The van der Waals surface area contributed by atoms with Crippen molar-refractivity contribution in [3.63, 3.8) is 0 Å². The standard InChI is InChI=1S/C18H14F2O3/c1-23-18(22)14-9-7-12(8-10-14)15(17(19)20)11-16(21)13-5-3-2-4-6-13/h2-10H,11H2,1H3. The van der Waals surface area contributed by atoms with Crippen LogP contribution >= 0.6 is 0 Å². The van der Waals surface area contributed by atoms with Gasteiger partial charge in [0.2, 0.25) is 0 Å². The molecule has 0 radical (unpaired) electrons. The molecular weight excluding hydrogens is 302 g/mol. The Kier molecular flexibility index (Phi) is 5.36. The van der Waals surface area contributed by atoms with Crippen LogP contribution in [0.15, 0.2) is 60.7 Å². The average molecular weight is 316 g/mol. The second kappa shape index (κ2) is 7.45. The topological polar surface area (TPSA) is 43.4 Å². The minimum Gasteiger partial charge on any atom is -0.465 e. The van der Waals surface area contributed by atoms with Gasteiger partial charge in [-0.3, -0.25) is 4.79 Å². The number of hydrogen-bond donors (Lipinski definition) is 0. The zero-order valence-electron chi connectivity index (χ0n) is 12.4. The monoisotopic (exact) mass is 316 g/mol. The molecule has 0 heterocycles. The fourth-order valence-electron chi connectivity index (χ4n) is 2.09. The molecule has 0 amide bonds. The lowest BCUT2D eigenvalue weighted by Crippen LogP contribution is -2.03. The van der Waals surface area contributed by atoms with Gasteiger partial charge in [0.15, 0.2) is 5.78 Å². The number of carbonyl (C=O) groups is 2. The molecule has 2 rings (SSSR count). The Morgan fingerprint density at radius 1 is 0.870 bits per heavy atom. The number of methoxy groups -OCH3 is 1. The second-order valence-corrected chi connectivity index (χ2v) is 4.77. The first-order valence-electron chi connectivity index (χ1n) is 6.84. The van der Waals surface area contributed by atoms with Crippen LogP contribution in [0.2, 0.25) is 0 Å². The summed E-state index contributed by atoms with van der Waals surface area (Å²) in [6.45, 7) is 0. The van der Waals surface area contributed by atoms with E-state index >= 15 is 0 Å². The van der Waals surface area contributed by atoms with E-state index in [1.54, 1.807) is 30.3 Å². The van der Waals surface area contributed by atoms with Crippen molar-refractivity contribution in [1.29, 1.82) is 0 Å². The van der Waals surface area contributed by atoms with Gasteiger partial charge in [0.25, 0.3) is 6.08 Å². The Hall–Kier alpha value is -2.82. The van der Waals surface area contributed by atoms with E-state index in [-0.39, 0.29) is 16.7 Å². The molecule has 0 bridgehead atoms. The molecule has 0 aromatic heterocycles. The zero-order valence-corrected chi connectivity index (χ0v) is 12.4. The number of benzene rings is 2. The second-order valence-electron chi connectivity index (χ2n) is 4.77. The molecule has 0 fully saturated rings. The Morgan fingerprint density at radius 2 is 1.43 bits per heavy atom. The molecule has 3 nitrogen and oxygen atoms in total. The number of rotatable bonds is 5. The molecule has 0 N–H and O–H groups in total. The highest BCUT2D eigenvalue weighted by Crippen LogP contribution is 2.26. The van der Waals surface area contributed by atoms with E-state index in [0.717, 1.165) is 0 Å². The molecular formula is C18H14F2O3. The van der Waals surface area contributed by atoms with Crippen LogP contribution in [0, 0.1) is 0 Å². The Balaban J connectivity index is 2.25. The quantitative estimate of drug-likeness (QED) is 0.608. The Bertz CT molecular complexity index is 731. The fourth-order valence-corrected chi connectivity index (χ4v) is 2.09. The van der Waals surface area contributed by atoms with Gasteiger partial charge in [0, 0.05) is 17.6 Å². The molecule has 0 aliphatic rings. The van der Waals surface area contributed by atoms with Crippen LogP contribution in [-0.2, 0) is 4.74 Å². The van der Waals surface area contributed by atoms with Crippen molar-refractivity contribution in [2.24, 2.45) is 0 Å². The SMILES string of the molecule is COC(=O)c1ccc(C(CC(=O)c2ccccc2)=C(F)F)cc1. The third-order valence-electron chi connectivity index (χ3n) is 3.32. The summed E-state index contributed by atoms with van der Waals surface area (Å²) in [5, 5.41) is 0. The predicted octanol–water partition coefficient (Wildman–Crippen LogP) is 4.35. The fraction of sp³-hybridized carbons (Fsp3) is 0.111. The molecule has 0 spiro atoms. The molecule has 0 atom stereocenters. The molecule has 23 heavy (non-hydrogen) atoms. The maximum Gasteiger partial charge on any atom is 0.337 e. The van der Waals surface area contributed by atoms with Crippen molar-refractivity contribution in [2.75, 3.05) is 7.11 Å². The number of ether oxygens (including phenoxy) is 1. The van der Waals surface area contributed by atoms with Gasteiger partial charge < -0.3 is 4.74 Å². The summed E-state index contributed by atoms with van der Waals surface area (Å²) in [4.78, 5) is 23.5. The van der Waals surface area contributed by atoms with Gasteiger partial charge in [-0.1, -0.05) is 42.5 Å². The van der Waals surface area contributed by atoms with Crippen LogP contribution in [0.5, 0.6) is 0 Å². The van der Waals surface area contributed by atoms with E-state index in [2.05, 4.69) is 4.74 Å². The van der Waals surface area contributed by atoms with Gasteiger partial charge in [-0.25, -0.2) is 4.79 Å². The number of halogens is 2. The normalized spacial score (nSPS) is 10.0. The maximum absolute atomic E-state index is 13.2. The number of ketones is 1. The average Bonchev–Trinajstić information content (AvgIpc) is 2.59. The van der Waals surface area contributed by atoms with Gasteiger partial charge in [0.05, 0.1) is 12.7 Å². The van der Waals surface area contributed by atoms with Crippen molar-refractivity contribution in [3.8, 4) is 0 Å². The third kappa shape index (κ3) is 4.10. The van der Waals surface area contributed by atoms with Crippen molar-refractivity contribution in [3.05, 3.63) is 77.4 Å². The summed E-state index contributed by atoms with van der Waals surface area (Å²) < 4.78 is 31.0. The number of Topliss-reactive ketones (excluding diaryl/α,β-unsaturated/α-hetero) is 1. The molecule has 0 aliphatic heterocycles. The summed E-state index contributed by atoms with van der Waals surface area (Å²) >= 11 is 0. The molecule has 0 unspecified atom stereocenters. The van der Waals surface area contributed by atoms with E-state index in [9.17, 15) is 18.4 Å².